The Bertz CT molecular complexity index is 1040. The van der Waals surface area contributed by atoms with Gasteiger partial charge in [-0.2, -0.15) is 4.99 Å². The summed E-state index contributed by atoms with van der Waals surface area (Å²) in [4.78, 5) is 17.7. The second-order valence-corrected chi connectivity index (χ2v) is 8.59. The molecule has 0 aliphatic heterocycles. The first-order valence-corrected chi connectivity index (χ1v) is 9.58. The molecule has 0 saturated carbocycles. The molecule has 2 aromatic carbocycles. The number of allylic oxidation sites excluding steroid dienone is 1. The van der Waals surface area contributed by atoms with E-state index in [2.05, 4.69) is 32.3 Å². The molecule has 3 aromatic rings. The van der Waals surface area contributed by atoms with Crippen molar-refractivity contribution in [2.45, 2.75) is 32.7 Å². The van der Waals surface area contributed by atoms with Crippen molar-refractivity contribution in [2.24, 2.45) is 4.99 Å². The third-order valence-corrected chi connectivity index (χ3v) is 5.43. The van der Waals surface area contributed by atoms with E-state index in [0.717, 1.165) is 10.2 Å². The SMILES string of the molecule is C=CCn1c(=NC(=O)c2ccc(C(C)(C)C)cc2)sc2cc(Cl)ccc21. The van der Waals surface area contributed by atoms with E-state index in [4.69, 9.17) is 11.6 Å². The summed E-state index contributed by atoms with van der Waals surface area (Å²) in [6.45, 7) is 10.8. The van der Waals surface area contributed by atoms with Gasteiger partial charge in [-0.3, -0.25) is 4.79 Å². The lowest BCUT2D eigenvalue weighted by atomic mass is 9.87. The van der Waals surface area contributed by atoms with Crippen LogP contribution in [-0.4, -0.2) is 10.5 Å². The van der Waals surface area contributed by atoms with Crippen molar-refractivity contribution in [3.63, 3.8) is 0 Å². The highest BCUT2D eigenvalue weighted by molar-refractivity contribution is 7.16. The maximum absolute atomic E-state index is 12.7. The summed E-state index contributed by atoms with van der Waals surface area (Å²) < 4.78 is 2.97. The molecule has 0 atom stereocenters. The van der Waals surface area contributed by atoms with E-state index in [-0.39, 0.29) is 11.3 Å². The maximum Gasteiger partial charge on any atom is 0.279 e. The zero-order valence-electron chi connectivity index (χ0n) is 15.1. The van der Waals surface area contributed by atoms with Crippen molar-refractivity contribution in [1.29, 1.82) is 0 Å². The third-order valence-electron chi connectivity index (χ3n) is 4.15. The fraction of sp³-hybridized carbons (Fsp3) is 0.238. The normalized spacial score (nSPS) is 12.5. The molecule has 26 heavy (non-hydrogen) atoms. The number of thiazole rings is 1. The molecular formula is C21H21ClN2OS. The van der Waals surface area contributed by atoms with Crippen LogP contribution in [0.5, 0.6) is 0 Å². The number of halogens is 1. The van der Waals surface area contributed by atoms with Crippen LogP contribution in [0.2, 0.25) is 5.02 Å². The van der Waals surface area contributed by atoms with Crippen molar-refractivity contribution >= 4 is 39.1 Å². The van der Waals surface area contributed by atoms with Gasteiger partial charge in [-0.15, -0.1) is 6.58 Å². The standard InChI is InChI=1S/C21H21ClN2OS/c1-5-12-24-17-11-10-16(22)13-18(17)26-20(24)23-19(25)14-6-8-15(9-7-14)21(2,3)4/h5-11,13H,1,12H2,2-4H3. The molecule has 1 amide bonds. The summed E-state index contributed by atoms with van der Waals surface area (Å²) in [7, 11) is 0. The van der Waals surface area contributed by atoms with Crippen LogP contribution in [0.15, 0.2) is 60.1 Å². The number of benzene rings is 2. The predicted molar refractivity (Wildman–Crippen MR) is 110 cm³/mol. The fourth-order valence-corrected chi connectivity index (χ4v) is 4.02. The molecule has 0 fully saturated rings. The number of rotatable bonds is 3. The Kier molecular flexibility index (Phi) is 5.17. The van der Waals surface area contributed by atoms with Crippen molar-refractivity contribution in [3.8, 4) is 0 Å². The van der Waals surface area contributed by atoms with Crippen LogP contribution in [0.4, 0.5) is 0 Å². The van der Waals surface area contributed by atoms with E-state index >= 15 is 0 Å². The van der Waals surface area contributed by atoms with E-state index in [1.54, 1.807) is 6.08 Å². The lowest BCUT2D eigenvalue weighted by Gasteiger charge is -2.18. The Morgan fingerprint density at radius 2 is 1.92 bits per heavy atom. The summed E-state index contributed by atoms with van der Waals surface area (Å²) >= 11 is 7.54. The van der Waals surface area contributed by atoms with E-state index in [1.807, 2.05) is 47.0 Å². The van der Waals surface area contributed by atoms with Crippen LogP contribution < -0.4 is 4.80 Å². The van der Waals surface area contributed by atoms with Gasteiger partial charge in [0.1, 0.15) is 0 Å². The van der Waals surface area contributed by atoms with E-state index in [1.165, 1.54) is 16.9 Å². The second kappa shape index (κ2) is 7.22. The van der Waals surface area contributed by atoms with Gasteiger partial charge in [0.05, 0.1) is 10.2 Å². The highest BCUT2D eigenvalue weighted by Crippen LogP contribution is 2.23. The van der Waals surface area contributed by atoms with Gasteiger partial charge in [-0.1, -0.05) is 61.9 Å². The Balaban J connectivity index is 2.04. The molecule has 0 N–H and O–H groups in total. The number of aromatic nitrogens is 1. The zero-order chi connectivity index (χ0) is 18.9. The number of nitrogens with zero attached hydrogens (tertiary/aromatic N) is 2. The average molecular weight is 385 g/mol. The Morgan fingerprint density at radius 1 is 1.23 bits per heavy atom. The Hall–Kier alpha value is -2.17. The van der Waals surface area contributed by atoms with Gasteiger partial charge in [-0.05, 0) is 41.3 Å². The monoisotopic (exact) mass is 384 g/mol. The molecule has 0 aliphatic carbocycles. The number of carbonyl (C=O) groups is 1. The van der Waals surface area contributed by atoms with Gasteiger partial charge < -0.3 is 4.57 Å². The van der Waals surface area contributed by atoms with Gasteiger partial charge in [0.2, 0.25) is 0 Å². The van der Waals surface area contributed by atoms with E-state index < -0.39 is 0 Å². The molecule has 0 spiro atoms. The van der Waals surface area contributed by atoms with E-state index in [9.17, 15) is 4.79 Å². The van der Waals surface area contributed by atoms with Gasteiger partial charge >= 0.3 is 0 Å². The van der Waals surface area contributed by atoms with Crippen molar-refractivity contribution in [2.75, 3.05) is 0 Å². The molecule has 0 bridgehead atoms. The summed E-state index contributed by atoms with van der Waals surface area (Å²) in [6.07, 6.45) is 1.79. The van der Waals surface area contributed by atoms with Crippen LogP contribution in [-0.2, 0) is 12.0 Å². The quantitative estimate of drug-likeness (QED) is 0.542. The second-order valence-electron chi connectivity index (χ2n) is 7.14. The molecule has 0 saturated heterocycles. The summed E-state index contributed by atoms with van der Waals surface area (Å²) in [5.41, 5.74) is 2.82. The third kappa shape index (κ3) is 3.81. The smallest absolute Gasteiger partial charge is 0.279 e. The number of hydrogen-bond donors (Lipinski definition) is 0. The van der Waals surface area contributed by atoms with Gasteiger partial charge in [0.15, 0.2) is 4.80 Å². The summed E-state index contributed by atoms with van der Waals surface area (Å²) in [6, 6.07) is 13.3. The lowest BCUT2D eigenvalue weighted by molar-refractivity contribution is 0.0998. The van der Waals surface area contributed by atoms with Gasteiger partial charge in [-0.25, -0.2) is 0 Å². The Morgan fingerprint density at radius 3 is 2.54 bits per heavy atom. The zero-order valence-corrected chi connectivity index (χ0v) is 16.7. The summed E-state index contributed by atoms with van der Waals surface area (Å²) in [5.74, 6) is -0.249. The van der Waals surface area contributed by atoms with Crippen LogP contribution in [0, 0.1) is 0 Å². The number of amides is 1. The predicted octanol–water partition coefficient (Wildman–Crippen LogP) is 5.58. The molecule has 1 aromatic heterocycles. The molecule has 3 nitrogen and oxygen atoms in total. The number of fused-ring (bicyclic) bond motifs is 1. The minimum absolute atomic E-state index is 0.0520. The van der Waals surface area contributed by atoms with Crippen LogP contribution in [0.1, 0.15) is 36.7 Å². The topological polar surface area (TPSA) is 34.4 Å². The molecule has 0 radical (unpaired) electrons. The lowest BCUT2D eigenvalue weighted by Crippen LogP contribution is -2.16. The number of carbonyl (C=O) groups excluding carboxylic acids is 1. The number of hydrogen-bond acceptors (Lipinski definition) is 2. The first kappa shape index (κ1) is 18.6. The Labute approximate surface area is 162 Å². The minimum atomic E-state index is -0.249. The molecule has 1 heterocycles. The fourth-order valence-electron chi connectivity index (χ4n) is 2.70. The van der Waals surface area contributed by atoms with Crippen molar-refractivity contribution < 1.29 is 4.79 Å². The van der Waals surface area contributed by atoms with Gasteiger partial charge in [0, 0.05) is 17.1 Å². The highest BCUT2D eigenvalue weighted by atomic mass is 35.5. The van der Waals surface area contributed by atoms with E-state index in [0.29, 0.717) is 21.9 Å². The molecule has 0 unspecified atom stereocenters. The van der Waals surface area contributed by atoms with Crippen LogP contribution >= 0.6 is 22.9 Å². The highest BCUT2D eigenvalue weighted by Gasteiger charge is 2.14. The first-order chi connectivity index (χ1) is 12.3. The van der Waals surface area contributed by atoms with Crippen LogP contribution in [0.3, 0.4) is 0 Å². The van der Waals surface area contributed by atoms with Gasteiger partial charge in [0.25, 0.3) is 5.91 Å². The molecular weight excluding hydrogens is 364 g/mol. The summed E-state index contributed by atoms with van der Waals surface area (Å²) in [5, 5.41) is 0.667. The average Bonchev–Trinajstić information content (AvgIpc) is 2.91. The molecule has 5 heteroatoms. The van der Waals surface area contributed by atoms with Crippen LogP contribution in [0.25, 0.3) is 10.2 Å². The molecule has 134 valence electrons. The van der Waals surface area contributed by atoms with Crippen molar-refractivity contribution in [1.82, 2.24) is 4.57 Å². The maximum atomic E-state index is 12.7. The largest absolute Gasteiger partial charge is 0.312 e. The molecule has 3 rings (SSSR count). The minimum Gasteiger partial charge on any atom is -0.312 e. The van der Waals surface area contributed by atoms with Crippen molar-refractivity contribution in [3.05, 3.63) is 76.1 Å². The first-order valence-electron chi connectivity index (χ1n) is 8.39. The molecule has 0 aliphatic rings.